The largest absolute Gasteiger partial charge is 0.397 e. The fourth-order valence-corrected chi connectivity index (χ4v) is 2.59. The van der Waals surface area contributed by atoms with Gasteiger partial charge in [-0.2, -0.15) is 0 Å². The van der Waals surface area contributed by atoms with Crippen LogP contribution in [0.1, 0.15) is 12.8 Å². The van der Waals surface area contributed by atoms with Crippen LogP contribution in [0.3, 0.4) is 0 Å². The van der Waals surface area contributed by atoms with Crippen molar-refractivity contribution < 1.29 is 9.47 Å². The molecule has 1 spiro atoms. The molecule has 0 radical (unpaired) electrons. The molecule has 1 aromatic rings. The summed E-state index contributed by atoms with van der Waals surface area (Å²) in [4.78, 5) is 6.34. The van der Waals surface area contributed by atoms with E-state index < -0.39 is 5.79 Å². The van der Waals surface area contributed by atoms with Crippen LogP contribution in [-0.4, -0.2) is 37.1 Å². The number of nitrogens with zero attached hydrogens (tertiary/aromatic N) is 2. The van der Waals surface area contributed by atoms with Crippen LogP contribution < -0.4 is 10.6 Å². The van der Waals surface area contributed by atoms with Gasteiger partial charge in [0.1, 0.15) is 0 Å². The molecule has 5 heteroatoms. The summed E-state index contributed by atoms with van der Waals surface area (Å²) in [7, 11) is 0. The molecule has 17 heavy (non-hydrogen) atoms. The van der Waals surface area contributed by atoms with E-state index in [0.29, 0.717) is 13.2 Å². The molecule has 5 nitrogen and oxygen atoms in total. The van der Waals surface area contributed by atoms with Gasteiger partial charge in [-0.15, -0.1) is 0 Å². The number of hydrogen-bond donors (Lipinski definition) is 1. The van der Waals surface area contributed by atoms with Gasteiger partial charge in [-0.3, -0.25) is 4.98 Å². The molecule has 0 aromatic carbocycles. The third-order valence-corrected chi connectivity index (χ3v) is 3.40. The lowest BCUT2D eigenvalue weighted by atomic mass is 10.0. The first kappa shape index (κ1) is 10.8. The Labute approximate surface area is 101 Å². The van der Waals surface area contributed by atoms with Gasteiger partial charge in [0.05, 0.1) is 37.3 Å². The Balaban J connectivity index is 1.82. The van der Waals surface area contributed by atoms with Crippen molar-refractivity contribution in [3.05, 3.63) is 18.5 Å². The van der Waals surface area contributed by atoms with E-state index in [9.17, 15) is 0 Å². The Hall–Kier alpha value is -1.33. The van der Waals surface area contributed by atoms with Crippen LogP contribution in [0.2, 0.25) is 0 Å². The zero-order valence-electron chi connectivity index (χ0n) is 9.76. The highest BCUT2D eigenvalue weighted by Gasteiger charge is 2.41. The van der Waals surface area contributed by atoms with E-state index in [1.807, 2.05) is 12.3 Å². The van der Waals surface area contributed by atoms with Crippen molar-refractivity contribution in [2.45, 2.75) is 18.6 Å². The number of nitrogens with two attached hydrogens (primary N) is 1. The summed E-state index contributed by atoms with van der Waals surface area (Å²) in [6.07, 6.45) is 5.53. The highest BCUT2D eigenvalue weighted by molar-refractivity contribution is 5.66. The van der Waals surface area contributed by atoms with Crippen molar-refractivity contribution in [2.24, 2.45) is 0 Å². The van der Waals surface area contributed by atoms with Crippen molar-refractivity contribution in [3.8, 4) is 0 Å². The van der Waals surface area contributed by atoms with Crippen LogP contribution in [0.15, 0.2) is 18.5 Å². The predicted molar refractivity (Wildman–Crippen MR) is 64.7 cm³/mol. The molecule has 0 unspecified atom stereocenters. The fraction of sp³-hybridized carbons (Fsp3) is 0.583. The number of pyridine rings is 1. The van der Waals surface area contributed by atoms with Crippen molar-refractivity contribution in [1.82, 2.24) is 4.98 Å². The smallest absolute Gasteiger partial charge is 0.186 e. The standard InChI is InChI=1S/C12H17N3O2/c13-10-2-4-14-8-11(10)15-5-1-3-12(9-15)16-6-7-17-12/h2,4,8H,1,3,5-7,9H2,(H2,13,14). The zero-order valence-corrected chi connectivity index (χ0v) is 9.76. The summed E-state index contributed by atoms with van der Waals surface area (Å²) in [5.41, 5.74) is 7.71. The molecule has 92 valence electrons. The molecule has 2 aliphatic heterocycles. The Kier molecular flexibility index (Phi) is 2.64. The van der Waals surface area contributed by atoms with Crippen LogP contribution in [0, 0.1) is 0 Å². The highest BCUT2D eigenvalue weighted by atomic mass is 16.7. The number of anilines is 2. The lowest BCUT2D eigenvalue weighted by molar-refractivity contribution is -0.161. The number of ether oxygens (including phenoxy) is 2. The average molecular weight is 235 g/mol. The van der Waals surface area contributed by atoms with E-state index in [1.54, 1.807) is 6.20 Å². The second-order valence-electron chi connectivity index (χ2n) is 4.57. The molecule has 2 saturated heterocycles. The molecule has 0 bridgehead atoms. The monoisotopic (exact) mass is 235 g/mol. The van der Waals surface area contributed by atoms with Gasteiger partial charge in [0, 0.05) is 19.2 Å². The van der Waals surface area contributed by atoms with Crippen LogP contribution in [0.25, 0.3) is 0 Å². The predicted octanol–water partition coefficient (Wildman–Crippen LogP) is 1.01. The van der Waals surface area contributed by atoms with Crippen LogP contribution in [0.5, 0.6) is 0 Å². The van der Waals surface area contributed by atoms with Crippen molar-refractivity contribution in [3.63, 3.8) is 0 Å². The van der Waals surface area contributed by atoms with Crippen molar-refractivity contribution >= 4 is 11.4 Å². The van der Waals surface area contributed by atoms with Gasteiger partial charge < -0.3 is 20.1 Å². The fourth-order valence-electron chi connectivity index (χ4n) is 2.59. The lowest BCUT2D eigenvalue weighted by Gasteiger charge is -2.39. The molecular formula is C12H17N3O2. The van der Waals surface area contributed by atoms with Gasteiger partial charge in [0.25, 0.3) is 0 Å². The first-order valence-corrected chi connectivity index (χ1v) is 6.01. The van der Waals surface area contributed by atoms with Gasteiger partial charge in [0.15, 0.2) is 5.79 Å². The maximum Gasteiger partial charge on any atom is 0.186 e. The normalized spacial score (nSPS) is 23.2. The minimum absolute atomic E-state index is 0.416. The van der Waals surface area contributed by atoms with Gasteiger partial charge in [-0.05, 0) is 12.5 Å². The SMILES string of the molecule is Nc1ccncc1N1CCCC2(C1)OCCO2. The van der Waals surface area contributed by atoms with E-state index in [-0.39, 0.29) is 0 Å². The maximum absolute atomic E-state index is 5.98. The molecule has 0 amide bonds. The topological polar surface area (TPSA) is 60.6 Å². The van der Waals surface area contributed by atoms with Gasteiger partial charge in [-0.1, -0.05) is 0 Å². The third kappa shape index (κ3) is 1.96. The third-order valence-electron chi connectivity index (χ3n) is 3.40. The first-order chi connectivity index (χ1) is 8.29. The molecule has 2 fully saturated rings. The number of hydrogen-bond acceptors (Lipinski definition) is 5. The van der Waals surface area contributed by atoms with Crippen LogP contribution in [0.4, 0.5) is 11.4 Å². The summed E-state index contributed by atoms with van der Waals surface area (Å²) >= 11 is 0. The van der Waals surface area contributed by atoms with Gasteiger partial charge >= 0.3 is 0 Å². The highest BCUT2D eigenvalue weighted by Crippen LogP contribution is 2.33. The van der Waals surface area contributed by atoms with E-state index in [4.69, 9.17) is 15.2 Å². The first-order valence-electron chi connectivity index (χ1n) is 6.01. The second kappa shape index (κ2) is 4.16. The molecule has 1 aromatic heterocycles. The molecule has 2 aliphatic rings. The summed E-state index contributed by atoms with van der Waals surface area (Å²) in [5, 5.41) is 0. The summed E-state index contributed by atoms with van der Waals surface area (Å²) in [6, 6.07) is 1.83. The Morgan fingerprint density at radius 3 is 2.94 bits per heavy atom. The Bertz CT molecular complexity index is 404. The summed E-state index contributed by atoms with van der Waals surface area (Å²) < 4.78 is 11.5. The summed E-state index contributed by atoms with van der Waals surface area (Å²) in [6.45, 7) is 3.10. The summed E-state index contributed by atoms with van der Waals surface area (Å²) in [5.74, 6) is -0.416. The molecular weight excluding hydrogens is 218 g/mol. The number of aromatic nitrogens is 1. The number of rotatable bonds is 1. The van der Waals surface area contributed by atoms with E-state index >= 15 is 0 Å². The minimum atomic E-state index is -0.416. The quantitative estimate of drug-likeness (QED) is 0.787. The van der Waals surface area contributed by atoms with Crippen molar-refractivity contribution in [2.75, 3.05) is 36.9 Å². The molecule has 3 rings (SSSR count). The van der Waals surface area contributed by atoms with Crippen LogP contribution >= 0.6 is 0 Å². The number of nitrogen functional groups attached to an aromatic ring is 1. The Morgan fingerprint density at radius 1 is 1.35 bits per heavy atom. The van der Waals surface area contributed by atoms with Gasteiger partial charge in [0.2, 0.25) is 0 Å². The maximum atomic E-state index is 5.98. The van der Waals surface area contributed by atoms with Gasteiger partial charge in [-0.25, -0.2) is 0 Å². The Morgan fingerprint density at radius 2 is 2.18 bits per heavy atom. The second-order valence-corrected chi connectivity index (χ2v) is 4.57. The molecule has 0 atom stereocenters. The average Bonchev–Trinajstić information content (AvgIpc) is 2.78. The lowest BCUT2D eigenvalue weighted by Crippen LogP contribution is -2.49. The van der Waals surface area contributed by atoms with Crippen molar-refractivity contribution in [1.29, 1.82) is 0 Å². The number of piperidine rings is 1. The minimum Gasteiger partial charge on any atom is -0.397 e. The van der Waals surface area contributed by atoms with E-state index in [2.05, 4.69) is 9.88 Å². The molecule has 2 N–H and O–H groups in total. The molecule has 0 saturated carbocycles. The van der Waals surface area contributed by atoms with Crippen LogP contribution in [-0.2, 0) is 9.47 Å². The van der Waals surface area contributed by atoms with E-state index in [1.165, 1.54) is 0 Å². The molecule has 3 heterocycles. The van der Waals surface area contributed by atoms with E-state index in [0.717, 1.165) is 37.3 Å². The zero-order chi connectivity index (χ0) is 11.7. The molecule has 0 aliphatic carbocycles.